The van der Waals surface area contributed by atoms with Gasteiger partial charge in [-0.1, -0.05) is 46.3 Å². The van der Waals surface area contributed by atoms with Crippen LogP contribution in [0.2, 0.25) is 0 Å². The normalized spacial score (nSPS) is 52.4. The van der Waals surface area contributed by atoms with Gasteiger partial charge in [-0.3, -0.25) is 0 Å². The van der Waals surface area contributed by atoms with Crippen molar-refractivity contribution in [3.63, 3.8) is 0 Å². The molecule has 2 saturated heterocycles. The van der Waals surface area contributed by atoms with Crippen LogP contribution in [0.4, 0.5) is 0 Å². The molecule has 0 unspecified atom stereocenters. The molecule has 57 heavy (non-hydrogen) atoms. The number of fused-ring (bicyclic) bond motifs is 5. The van der Waals surface area contributed by atoms with Gasteiger partial charge in [0.05, 0.1) is 43.7 Å². The van der Waals surface area contributed by atoms with E-state index < -0.39 is 120 Å². The maximum atomic E-state index is 12.3. The molecule has 2 heterocycles. The molecule has 2 aliphatic heterocycles. The summed E-state index contributed by atoms with van der Waals surface area (Å²) in [7, 11) is 0. The lowest BCUT2D eigenvalue weighted by atomic mass is 9.34. The van der Waals surface area contributed by atoms with Crippen LogP contribution in [-0.2, 0) is 18.9 Å². The fourth-order valence-corrected chi connectivity index (χ4v) is 13.4. The summed E-state index contributed by atoms with van der Waals surface area (Å²) in [4.78, 5) is 0. The molecule has 0 aromatic heterocycles. The van der Waals surface area contributed by atoms with Gasteiger partial charge in [-0.2, -0.15) is 0 Å². The molecular weight excluding hydrogens is 744 g/mol. The van der Waals surface area contributed by atoms with E-state index in [1.807, 2.05) is 33.8 Å². The third kappa shape index (κ3) is 7.49. The average molecular weight is 817 g/mol. The Labute approximate surface area is 336 Å². The van der Waals surface area contributed by atoms with E-state index in [9.17, 15) is 56.2 Å². The van der Waals surface area contributed by atoms with E-state index in [-0.39, 0.29) is 30.3 Å². The molecule has 6 aliphatic rings. The van der Waals surface area contributed by atoms with Crippen LogP contribution in [0.5, 0.6) is 0 Å². The number of ether oxygens (including phenoxy) is 4. The van der Waals surface area contributed by atoms with Crippen molar-refractivity contribution < 1.29 is 75.1 Å². The highest BCUT2D eigenvalue weighted by molar-refractivity contribution is 5.22. The summed E-state index contributed by atoms with van der Waals surface area (Å²) in [5, 5.41) is 120. The van der Waals surface area contributed by atoms with Crippen molar-refractivity contribution in [3.8, 4) is 0 Å². The Hall–Kier alpha value is -0.860. The molecular formula is C42H72O15. The molecule has 0 spiro atoms. The van der Waals surface area contributed by atoms with E-state index >= 15 is 0 Å². The van der Waals surface area contributed by atoms with Gasteiger partial charge in [0.1, 0.15) is 48.8 Å². The Bertz CT molecular complexity index is 1430. The van der Waals surface area contributed by atoms with Crippen LogP contribution in [0.25, 0.3) is 0 Å². The molecule has 4 aliphatic carbocycles. The third-order valence-electron chi connectivity index (χ3n) is 16.7. The second-order valence-electron chi connectivity index (χ2n) is 20.2. The van der Waals surface area contributed by atoms with E-state index in [0.717, 1.165) is 12.0 Å². The zero-order valence-corrected chi connectivity index (χ0v) is 34.7. The fraction of sp³-hybridized carbons (Fsp3) is 0.952. The lowest BCUT2D eigenvalue weighted by Gasteiger charge is -2.72. The number of aliphatic hydroxyl groups excluding tert-OH is 10. The second kappa shape index (κ2) is 16.4. The quantitative estimate of drug-likeness (QED) is 0.0976. The lowest BCUT2D eigenvalue weighted by Crippen LogP contribution is -2.71. The van der Waals surface area contributed by atoms with Crippen molar-refractivity contribution in [2.75, 3.05) is 19.8 Å². The lowest BCUT2D eigenvalue weighted by molar-refractivity contribution is -0.383. The maximum Gasteiger partial charge on any atom is 0.187 e. The van der Waals surface area contributed by atoms with Crippen LogP contribution in [0.1, 0.15) is 99.8 Å². The predicted octanol–water partition coefficient (Wildman–Crippen LogP) is 0.0922. The van der Waals surface area contributed by atoms with Crippen LogP contribution in [0, 0.1) is 45.3 Å². The monoisotopic (exact) mass is 816 g/mol. The first-order chi connectivity index (χ1) is 26.5. The Morgan fingerprint density at radius 1 is 0.772 bits per heavy atom. The number of allylic oxidation sites excluding steroid dienone is 1. The highest BCUT2D eigenvalue weighted by atomic mass is 16.8. The molecule has 330 valence electrons. The zero-order valence-electron chi connectivity index (χ0n) is 34.7. The standard InChI is InChI=1S/C42H72O15/c1-20(17-43)9-8-12-42(7,53)21-10-14-40(5)28(21)22(46)15-26-39(4)13-11-27(47)38(2,3)35(39)23(16-41(26,40)6)54-37-34(32(51)30(49)25(19-45)56-37)57-36-33(52)31(50)29(48)24(18-44)55-36/h9,21-37,43-53H,8,10-19H2,1-7H3/t21-,22+,23-,24+,25+,26+,27-,28+,29+,30+,31-,32-,33+,34+,35-,36-,37+,39+,40+,41+,42-/m0/s1. The van der Waals surface area contributed by atoms with Crippen molar-refractivity contribution in [2.24, 2.45) is 45.3 Å². The number of aliphatic hydroxyl groups is 11. The van der Waals surface area contributed by atoms with Gasteiger partial charge in [0.2, 0.25) is 0 Å². The van der Waals surface area contributed by atoms with E-state index in [4.69, 9.17) is 18.9 Å². The Balaban J connectivity index is 1.38. The summed E-state index contributed by atoms with van der Waals surface area (Å²) in [5.41, 5.74) is -2.41. The molecule has 15 nitrogen and oxygen atoms in total. The SMILES string of the molecule is CC(=CCC[C@](C)(O)[C@H]1CC[C@]2(C)[C@H]1[C@H](O)C[C@@H]1[C@@]3(C)CC[C@H](O)C(C)(C)[C@@H]3[C@@H](O[C@@H]3O[C@H](CO)[C@@H](O)[C@H](O)[C@H]3O[C@@H]3O[C@H](CO)[C@@H](O)[C@H](O)[C@H]3O)C[C@]12C)CO. The van der Waals surface area contributed by atoms with Crippen LogP contribution < -0.4 is 0 Å². The van der Waals surface area contributed by atoms with Crippen molar-refractivity contribution in [2.45, 2.75) is 185 Å². The smallest absolute Gasteiger partial charge is 0.187 e. The second-order valence-corrected chi connectivity index (χ2v) is 20.2. The van der Waals surface area contributed by atoms with Gasteiger partial charge in [-0.25, -0.2) is 0 Å². The molecule has 11 N–H and O–H groups in total. The fourth-order valence-electron chi connectivity index (χ4n) is 13.4. The van der Waals surface area contributed by atoms with E-state index in [2.05, 4.69) is 20.8 Å². The number of hydrogen-bond donors (Lipinski definition) is 11. The zero-order chi connectivity index (χ0) is 42.2. The summed E-state index contributed by atoms with van der Waals surface area (Å²) in [6.07, 6.45) is -11.4. The van der Waals surface area contributed by atoms with Crippen LogP contribution in [-0.4, -0.2) is 161 Å². The molecule has 21 atom stereocenters. The summed E-state index contributed by atoms with van der Waals surface area (Å²) >= 11 is 0. The predicted molar refractivity (Wildman–Crippen MR) is 204 cm³/mol. The van der Waals surface area contributed by atoms with Crippen molar-refractivity contribution in [3.05, 3.63) is 11.6 Å². The van der Waals surface area contributed by atoms with Gasteiger partial charge in [-0.05, 0) is 111 Å². The Morgan fingerprint density at radius 3 is 2.00 bits per heavy atom. The molecule has 0 amide bonds. The molecule has 6 fully saturated rings. The van der Waals surface area contributed by atoms with Crippen molar-refractivity contribution >= 4 is 0 Å². The topological polar surface area (TPSA) is 259 Å². The van der Waals surface area contributed by atoms with Crippen LogP contribution >= 0.6 is 0 Å². The molecule has 0 aromatic carbocycles. The van der Waals surface area contributed by atoms with Crippen molar-refractivity contribution in [1.29, 1.82) is 0 Å². The maximum absolute atomic E-state index is 12.3. The largest absolute Gasteiger partial charge is 0.394 e. The van der Waals surface area contributed by atoms with E-state index in [0.29, 0.717) is 44.9 Å². The minimum atomic E-state index is -1.82. The van der Waals surface area contributed by atoms with Crippen LogP contribution in [0.15, 0.2) is 11.6 Å². The van der Waals surface area contributed by atoms with Crippen molar-refractivity contribution in [1.82, 2.24) is 0 Å². The molecule has 6 rings (SSSR count). The minimum absolute atomic E-state index is 0.0113. The summed E-state index contributed by atoms with van der Waals surface area (Å²) < 4.78 is 24.9. The Morgan fingerprint density at radius 2 is 1.39 bits per heavy atom. The minimum Gasteiger partial charge on any atom is -0.394 e. The first-order valence-corrected chi connectivity index (χ1v) is 21.1. The van der Waals surface area contributed by atoms with E-state index in [1.54, 1.807) is 0 Å². The molecule has 0 aromatic rings. The number of hydrogen-bond acceptors (Lipinski definition) is 15. The molecule has 4 saturated carbocycles. The van der Waals surface area contributed by atoms with Gasteiger partial charge in [-0.15, -0.1) is 0 Å². The van der Waals surface area contributed by atoms with Gasteiger partial charge < -0.3 is 75.1 Å². The van der Waals surface area contributed by atoms with Crippen LogP contribution in [0.3, 0.4) is 0 Å². The Kier molecular flexibility index (Phi) is 13.2. The van der Waals surface area contributed by atoms with Gasteiger partial charge in [0, 0.05) is 0 Å². The summed E-state index contributed by atoms with van der Waals surface area (Å²) in [6.45, 7) is 13.0. The molecule has 0 radical (unpaired) electrons. The highest BCUT2D eigenvalue weighted by Crippen LogP contribution is 2.76. The van der Waals surface area contributed by atoms with Gasteiger partial charge >= 0.3 is 0 Å². The van der Waals surface area contributed by atoms with E-state index in [1.165, 1.54) is 0 Å². The first kappa shape index (κ1) is 45.7. The third-order valence-corrected chi connectivity index (χ3v) is 16.7. The number of rotatable bonds is 11. The average Bonchev–Trinajstić information content (AvgIpc) is 3.54. The first-order valence-electron chi connectivity index (χ1n) is 21.1. The van der Waals surface area contributed by atoms with Gasteiger partial charge in [0.25, 0.3) is 0 Å². The summed E-state index contributed by atoms with van der Waals surface area (Å²) in [5.74, 6) is -0.784. The summed E-state index contributed by atoms with van der Waals surface area (Å²) in [6, 6.07) is 0. The molecule has 15 heteroatoms. The molecule has 0 bridgehead atoms. The van der Waals surface area contributed by atoms with Gasteiger partial charge in [0.15, 0.2) is 12.6 Å². The highest BCUT2D eigenvalue weighted by Gasteiger charge is 2.73.